The standard InChI is InChI=1S/C31H48N2O/c1-3-5-7-8-10-12-26-15-17-27(18-16-26)14-11-23-34-30-21-19-29(20-22-30)31-32-24-28(25-33-31)13-9-6-4-2/h19-22,24-27H,3-18,23H2,1-2H3. The van der Waals surface area contributed by atoms with Crippen LogP contribution in [0.2, 0.25) is 0 Å². The van der Waals surface area contributed by atoms with E-state index in [1.54, 1.807) is 0 Å². The van der Waals surface area contributed by atoms with Crippen molar-refractivity contribution in [1.29, 1.82) is 0 Å². The van der Waals surface area contributed by atoms with E-state index in [0.29, 0.717) is 0 Å². The van der Waals surface area contributed by atoms with Gasteiger partial charge < -0.3 is 4.74 Å². The number of unbranched alkanes of at least 4 members (excludes halogenated alkanes) is 6. The summed E-state index contributed by atoms with van der Waals surface area (Å²) >= 11 is 0. The molecule has 0 radical (unpaired) electrons. The van der Waals surface area contributed by atoms with Crippen LogP contribution in [0.25, 0.3) is 11.4 Å². The smallest absolute Gasteiger partial charge is 0.159 e. The Morgan fingerprint density at radius 3 is 1.94 bits per heavy atom. The molecule has 0 unspecified atom stereocenters. The van der Waals surface area contributed by atoms with Crippen LogP contribution in [0, 0.1) is 11.8 Å². The van der Waals surface area contributed by atoms with Gasteiger partial charge >= 0.3 is 0 Å². The molecule has 1 saturated carbocycles. The molecule has 34 heavy (non-hydrogen) atoms. The van der Waals surface area contributed by atoms with Crippen LogP contribution in [-0.4, -0.2) is 16.6 Å². The lowest BCUT2D eigenvalue weighted by Gasteiger charge is -2.28. The first-order valence-electron chi connectivity index (χ1n) is 14.3. The molecule has 1 aliphatic rings. The molecule has 0 amide bonds. The van der Waals surface area contributed by atoms with Gasteiger partial charge in [0.15, 0.2) is 5.82 Å². The van der Waals surface area contributed by atoms with Gasteiger partial charge in [-0.25, -0.2) is 9.97 Å². The van der Waals surface area contributed by atoms with E-state index in [1.807, 2.05) is 12.4 Å². The number of aromatic nitrogens is 2. The first kappa shape index (κ1) is 26.7. The van der Waals surface area contributed by atoms with Crippen LogP contribution >= 0.6 is 0 Å². The fourth-order valence-corrected chi connectivity index (χ4v) is 5.32. The second-order valence-electron chi connectivity index (χ2n) is 10.5. The van der Waals surface area contributed by atoms with E-state index in [9.17, 15) is 0 Å². The minimum atomic E-state index is 0.794. The molecule has 3 nitrogen and oxygen atoms in total. The summed E-state index contributed by atoms with van der Waals surface area (Å²) in [5.41, 5.74) is 2.28. The van der Waals surface area contributed by atoms with Gasteiger partial charge in [-0.05, 0) is 67.3 Å². The van der Waals surface area contributed by atoms with Crippen LogP contribution in [0.15, 0.2) is 36.7 Å². The fourth-order valence-electron chi connectivity index (χ4n) is 5.32. The number of benzene rings is 1. The van der Waals surface area contributed by atoms with Crippen molar-refractivity contribution in [2.24, 2.45) is 11.8 Å². The lowest BCUT2D eigenvalue weighted by Crippen LogP contribution is -2.15. The summed E-state index contributed by atoms with van der Waals surface area (Å²) in [6.45, 7) is 5.35. The molecule has 188 valence electrons. The highest BCUT2D eigenvalue weighted by Crippen LogP contribution is 2.34. The molecule has 1 aliphatic carbocycles. The van der Waals surface area contributed by atoms with Crippen molar-refractivity contribution in [1.82, 2.24) is 9.97 Å². The van der Waals surface area contributed by atoms with Gasteiger partial charge in [0.2, 0.25) is 0 Å². The Labute approximate surface area is 209 Å². The summed E-state index contributed by atoms with van der Waals surface area (Å²) in [6, 6.07) is 8.26. The van der Waals surface area contributed by atoms with Gasteiger partial charge in [0.1, 0.15) is 5.75 Å². The van der Waals surface area contributed by atoms with Gasteiger partial charge in [0.25, 0.3) is 0 Å². The van der Waals surface area contributed by atoms with Crippen LogP contribution in [0.4, 0.5) is 0 Å². The molecule has 3 rings (SSSR count). The molecular weight excluding hydrogens is 416 g/mol. The van der Waals surface area contributed by atoms with Crippen molar-refractivity contribution in [2.45, 2.75) is 117 Å². The molecule has 0 bridgehead atoms. The van der Waals surface area contributed by atoms with Gasteiger partial charge in [-0.2, -0.15) is 0 Å². The summed E-state index contributed by atoms with van der Waals surface area (Å²) < 4.78 is 6.03. The van der Waals surface area contributed by atoms with E-state index in [2.05, 4.69) is 48.1 Å². The Morgan fingerprint density at radius 2 is 1.29 bits per heavy atom. The quantitative estimate of drug-likeness (QED) is 0.232. The molecule has 1 aromatic carbocycles. The number of nitrogens with zero attached hydrogens (tertiary/aromatic N) is 2. The Morgan fingerprint density at radius 1 is 0.706 bits per heavy atom. The normalized spacial score (nSPS) is 18.2. The first-order chi connectivity index (χ1) is 16.8. The number of ether oxygens (including phenoxy) is 1. The Bertz CT molecular complexity index is 763. The summed E-state index contributed by atoms with van der Waals surface area (Å²) in [6.07, 6.45) is 25.6. The maximum Gasteiger partial charge on any atom is 0.159 e. The van der Waals surface area contributed by atoms with Crippen molar-refractivity contribution >= 4 is 0 Å². The van der Waals surface area contributed by atoms with Crippen LogP contribution in [-0.2, 0) is 6.42 Å². The second-order valence-corrected chi connectivity index (χ2v) is 10.5. The summed E-state index contributed by atoms with van der Waals surface area (Å²) in [4.78, 5) is 9.13. The Kier molecular flexibility index (Phi) is 12.5. The predicted octanol–water partition coefficient (Wildman–Crippen LogP) is 9.20. The van der Waals surface area contributed by atoms with Crippen LogP contribution in [0.3, 0.4) is 0 Å². The second kappa shape index (κ2) is 15.9. The molecule has 0 N–H and O–H groups in total. The molecule has 3 heteroatoms. The van der Waals surface area contributed by atoms with Gasteiger partial charge in [-0.1, -0.05) is 90.9 Å². The van der Waals surface area contributed by atoms with Crippen molar-refractivity contribution in [3.8, 4) is 17.1 Å². The van der Waals surface area contributed by atoms with Crippen LogP contribution in [0.1, 0.15) is 116 Å². The van der Waals surface area contributed by atoms with E-state index in [-0.39, 0.29) is 0 Å². The highest BCUT2D eigenvalue weighted by atomic mass is 16.5. The maximum absolute atomic E-state index is 6.03. The third-order valence-electron chi connectivity index (χ3n) is 7.59. The average molecular weight is 465 g/mol. The molecule has 2 aromatic rings. The summed E-state index contributed by atoms with van der Waals surface area (Å²) in [5.74, 6) is 3.67. The summed E-state index contributed by atoms with van der Waals surface area (Å²) in [7, 11) is 0. The fraction of sp³-hybridized carbons (Fsp3) is 0.677. The van der Waals surface area contributed by atoms with E-state index in [1.165, 1.54) is 95.5 Å². The zero-order chi connectivity index (χ0) is 23.8. The molecule has 0 spiro atoms. The number of hydrogen-bond donors (Lipinski definition) is 0. The molecule has 0 saturated heterocycles. The lowest BCUT2D eigenvalue weighted by atomic mass is 9.78. The van der Waals surface area contributed by atoms with E-state index < -0.39 is 0 Å². The SMILES string of the molecule is CCCCCCCC1CCC(CCCOc2ccc(-c3ncc(CCCCC)cn3)cc2)CC1. The minimum Gasteiger partial charge on any atom is -0.494 e. The zero-order valence-corrected chi connectivity index (χ0v) is 21.9. The highest BCUT2D eigenvalue weighted by Gasteiger charge is 2.20. The van der Waals surface area contributed by atoms with Crippen molar-refractivity contribution < 1.29 is 4.74 Å². The first-order valence-corrected chi connectivity index (χ1v) is 14.3. The molecule has 1 heterocycles. The van der Waals surface area contributed by atoms with Gasteiger partial charge in [-0.3, -0.25) is 0 Å². The predicted molar refractivity (Wildman–Crippen MR) is 144 cm³/mol. The minimum absolute atomic E-state index is 0.794. The van der Waals surface area contributed by atoms with Gasteiger partial charge in [-0.15, -0.1) is 0 Å². The Balaban J connectivity index is 1.28. The van der Waals surface area contributed by atoms with Crippen LogP contribution < -0.4 is 4.74 Å². The van der Waals surface area contributed by atoms with Crippen molar-refractivity contribution in [3.05, 3.63) is 42.2 Å². The third-order valence-corrected chi connectivity index (χ3v) is 7.59. The van der Waals surface area contributed by atoms with Gasteiger partial charge in [0, 0.05) is 18.0 Å². The molecule has 1 fully saturated rings. The van der Waals surface area contributed by atoms with Gasteiger partial charge in [0.05, 0.1) is 6.61 Å². The van der Waals surface area contributed by atoms with Crippen molar-refractivity contribution in [2.75, 3.05) is 6.61 Å². The third kappa shape index (κ3) is 9.76. The van der Waals surface area contributed by atoms with E-state index in [0.717, 1.165) is 48.4 Å². The van der Waals surface area contributed by atoms with Crippen LogP contribution in [0.5, 0.6) is 5.75 Å². The number of aryl methyl sites for hydroxylation is 1. The summed E-state index contributed by atoms with van der Waals surface area (Å²) in [5, 5.41) is 0. The highest BCUT2D eigenvalue weighted by molar-refractivity contribution is 5.55. The number of rotatable bonds is 16. The number of hydrogen-bond acceptors (Lipinski definition) is 3. The van der Waals surface area contributed by atoms with E-state index in [4.69, 9.17) is 4.74 Å². The topological polar surface area (TPSA) is 35.0 Å². The molecule has 0 atom stereocenters. The molecular formula is C31H48N2O. The van der Waals surface area contributed by atoms with Crippen molar-refractivity contribution in [3.63, 3.8) is 0 Å². The average Bonchev–Trinajstić information content (AvgIpc) is 2.88. The molecule has 1 aromatic heterocycles. The largest absolute Gasteiger partial charge is 0.494 e. The van der Waals surface area contributed by atoms with E-state index >= 15 is 0 Å². The zero-order valence-electron chi connectivity index (χ0n) is 21.9. The lowest BCUT2D eigenvalue weighted by molar-refractivity contribution is 0.228. The Hall–Kier alpha value is -1.90. The maximum atomic E-state index is 6.03. The molecule has 0 aliphatic heterocycles. The monoisotopic (exact) mass is 464 g/mol.